The second-order valence-corrected chi connectivity index (χ2v) is 5.94. The molecule has 1 heteroatoms. The summed E-state index contributed by atoms with van der Waals surface area (Å²) in [7, 11) is 0. The molecular formula is C17H31N. The van der Waals surface area contributed by atoms with Gasteiger partial charge in [-0.1, -0.05) is 52.4 Å². The summed E-state index contributed by atoms with van der Waals surface area (Å²) in [5.41, 5.74) is 1.51. The molecule has 1 rings (SSSR count). The Hall–Kier alpha value is -0.720. The van der Waals surface area contributed by atoms with E-state index >= 15 is 0 Å². The van der Waals surface area contributed by atoms with Crippen LogP contribution in [0, 0.1) is 0 Å². The molecule has 0 radical (unpaired) electrons. The van der Waals surface area contributed by atoms with Gasteiger partial charge in [0.2, 0.25) is 0 Å². The van der Waals surface area contributed by atoms with Gasteiger partial charge in [0.25, 0.3) is 0 Å². The first-order valence-corrected chi connectivity index (χ1v) is 7.82. The van der Waals surface area contributed by atoms with Crippen molar-refractivity contribution in [2.24, 2.45) is 0 Å². The normalized spacial score (nSPS) is 13.2. The lowest BCUT2D eigenvalue weighted by Gasteiger charge is -2.10. The lowest BCUT2D eigenvalue weighted by atomic mass is 9.97. The Morgan fingerprint density at radius 2 is 1.67 bits per heavy atom. The van der Waals surface area contributed by atoms with Gasteiger partial charge in [0, 0.05) is 18.4 Å². The Bertz CT molecular complexity index is 311. The van der Waals surface area contributed by atoms with E-state index in [-0.39, 0.29) is 0 Å². The molecule has 0 N–H and O–H groups in total. The average molecular weight is 249 g/mol. The molecule has 1 aromatic heterocycles. The lowest BCUT2D eigenvalue weighted by molar-refractivity contribution is 0.554. The minimum Gasteiger partial charge on any atom is -0.352 e. The Labute approximate surface area is 114 Å². The predicted octanol–water partition coefficient (Wildman–Crippen LogP) is 5.92. The molecule has 0 bridgehead atoms. The lowest BCUT2D eigenvalue weighted by Crippen LogP contribution is -1.97. The van der Waals surface area contributed by atoms with Crippen molar-refractivity contribution in [1.82, 2.24) is 4.57 Å². The third-order valence-electron chi connectivity index (χ3n) is 3.89. The molecule has 0 aliphatic heterocycles. The standard InChI is InChI=1S/C17H31N/c1-5-6-7-8-9-10-11-16(4)17-12-13-18(14-17)15(2)3/h12-16H,5-11H2,1-4H3. The van der Waals surface area contributed by atoms with E-state index in [1.807, 2.05) is 0 Å². The van der Waals surface area contributed by atoms with Gasteiger partial charge in [-0.25, -0.2) is 0 Å². The Balaban J connectivity index is 2.21. The first-order valence-electron chi connectivity index (χ1n) is 7.82. The van der Waals surface area contributed by atoms with Gasteiger partial charge < -0.3 is 4.57 Å². The fraction of sp³-hybridized carbons (Fsp3) is 0.765. The molecule has 1 heterocycles. The molecule has 0 fully saturated rings. The predicted molar refractivity (Wildman–Crippen MR) is 81.2 cm³/mol. The highest BCUT2D eigenvalue weighted by atomic mass is 15.0. The van der Waals surface area contributed by atoms with Crippen LogP contribution in [0.25, 0.3) is 0 Å². The van der Waals surface area contributed by atoms with E-state index in [4.69, 9.17) is 0 Å². The highest BCUT2D eigenvalue weighted by Gasteiger charge is 2.07. The topological polar surface area (TPSA) is 4.93 Å². The maximum atomic E-state index is 2.37. The number of aromatic nitrogens is 1. The first kappa shape index (κ1) is 15.3. The minimum atomic E-state index is 0.583. The van der Waals surface area contributed by atoms with E-state index < -0.39 is 0 Å². The SMILES string of the molecule is CCCCCCCCC(C)c1ccn(C(C)C)c1. The number of unbranched alkanes of at least 4 members (excludes halogenated alkanes) is 5. The maximum Gasteiger partial charge on any atom is 0.0274 e. The van der Waals surface area contributed by atoms with Gasteiger partial charge in [-0.15, -0.1) is 0 Å². The summed E-state index contributed by atoms with van der Waals surface area (Å²) in [6.45, 7) is 9.12. The third-order valence-corrected chi connectivity index (χ3v) is 3.89. The van der Waals surface area contributed by atoms with Crippen molar-refractivity contribution >= 4 is 0 Å². The van der Waals surface area contributed by atoms with Crippen molar-refractivity contribution in [3.05, 3.63) is 24.0 Å². The van der Waals surface area contributed by atoms with Gasteiger partial charge in [0.1, 0.15) is 0 Å². The van der Waals surface area contributed by atoms with E-state index in [2.05, 4.69) is 50.7 Å². The highest BCUT2D eigenvalue weighted by Crippen LogP contribution is 2.23. The largest absolute Gasteiger partial charge is 0.352 e. The van der Waals surface area contributed by atoms with E-state index in [1.165, 1.54) is 50.5 Å². The Morgan fingerprint density at radius 3 is 2.28 bits per heavy atom. The fourth-order valence-corrected chi connectivity index (χ4v) is 2.44. The van der Waals surface area contributed by atoms with Crippen molar-refractivity contribution in [3.8, 4) is 0 Å². The minimum absolute atomic E-state index is 0.583. The molecule has 0 aromatic carbocycles. The summed E-state index contributed by atoms with van der Waals surface area (Å²) in [6, 6.07) is 2.88. The van der Waals surface area contributed by atoms with Crippen LogP contribution in [0.3, 0.4) is 0 Å². The molecular weight excluding hydrogens is 218 g/mol. The van der Waals surface area contributed by atoms with E-state index in [9.17, 15) is 0 Å². The Kier molecular flexibility index (Phi) is 7.15. The zero-order valence-corrected chi connectivity index (χ0v) is 12.8. The van der Waals surface area contributed by atoms with Crippen LogP contribution in [0.15, 0.2) is 18.5 Å². The van der Waals surface area contributed by atoms with Crippen molar-refractivity contribution < 1.29 is 0 Å². The van der Waals surface area contributed by atoms with Crippen molar-refractivity contribution in [3.63, 3.8) is 0 Å². The second-order valence-electron chi connectivity index (χ2n) is 5.94. The van der Waals surface area contributed by atoms with Gasteiger partial charge in [0.05, 0.1) is 0 Å². The number of rotatable bonds is 9. The van der Waals surface area contributed by atoms with Gasteiger partial charge in [-0.3, -0.25) is 0 Å². The average Bonchev–Trinajstić information content (AvgIpc) is 2.83. The van der Waals surface area contributed by atoms with E-state index in [0.717, 1.165) is 5.92 Å². The van der Waals surface area contributed by atoms with Crippen LogP contribution >= 0.6 is 0 Å². The van der Waals surface area contributed by atoms with Crippen LogP contribution in [0.2, 0.25) is 0 Å². The fourth-order valence-electron chi connectivity index (χ4n) is 2.44. The highest BCUT2D eigenvalue weighted by molar-refractivity contribution is 5.15. The van der Waals surface area contributed by atoms with Crippen LogP contribution in [0.4, 0.5) is 0 Å². The molecule has 18 heavy (non-hydrogen) atoms. The molecule has 1 aromatic rings. The van der Waals surface area contributed by atoms with Crippen LogP contribution in [0.5, 0.6) is 0 Å². The van der Waals surface area contributed by atoms with Crippen molar-refractivity contribution in [1.29, 1.82) is 0 Å². The molecule has 0 amide bonds. The summed E-state index contributed by atoms with van der Waals surface area (Å²) in [5.74, 6) is 0.719. The van der Waals surface area contributed by atoms with Crippen LogP contribution in [-0.2, 0) is 0 Å². The molecule has 0 saturated carbocycles. The molecule has 1 unspecified atom stereocenters. The zero-order valence-electron chi connectivity index (χ0n) is 12.8. The molecule has 0 spiro atoms. The molecule has 104 valence electrons. The van der Waals surface area contributed by atoms with Crippen LogP contribution < -0.4 is 0 Å². The molecule has 0 aliphatic rings. The summed E-state index contributed by atoms with van der Waals surface area (Å²) >= 11 is 0. The molecule has 1 atom stereocenters. The number of hydrogen-bond donors (Lipinski definition) is 0. The van der Waals surface area contributed by atoms with E-state index in [1.54, 1.807) is 0 Å². The molecule has 0 saturated heterocycles. The monoisotopic (exact) mass is 249 g/mol. The van der Waals surface area contributed by atoms with E-state index in [0.29, 0.717) is 6.04 Å². The zero-order chi connectivity index (χ0) is 13.4. The summed E-state index contributed by atoms with van der Waals surface area (Å²) in [5, 5.41) is 0. The van der Waals surface area contributed by atoms with Crippen molar-refractivity contribution in [2.45, 2.75) is 84.6 Å². The summed E-state index contributed by atoms with van der Waals surface area (Å²) in [6.07, 6.45) is 14.3. The van der Waals surface area contributed by atoms with Gasteiger partial charge in [-0.05, 0) is 37.8 Å². The number of nitrogens with zero attached hydrogens (tertiary/aromatic N) is 1. The van der Waals surface area contributed by atoms with Crippen LogP contribution in [0.1, 0.15) is 90.2 Å². The van der Waals surface area contributed by atoms with Gasteiger partial charge in [-0.2, -0.15) is 0 Å². The third kappa shape index (κ3) is 5.29. The molecule has 1 nitrogen and oxygen atoms in total. The first-order chi connectivity index (χ1) is 8.65. The summed E-state index contributed by atoms with van der Waals surface area (Å²) < 4.78 is 2.31. The second kappa shape index (κ2) is 8.39. The molecule has 0 aliphatic carbocycles. The number of hydrogen-bond acceptors (Lipinski definition) is 0. The summed E-state index contributed by atoms with van der Waals surface area (Å²) in [4.78, 5) is 0. The van der Waals surface area contributed by atoms with Crippen LogP contribution in [-0.4, -0.2) is 4.57 Å². The van der Waals surface area contributed by atoms with Crippen molar-refractivity contribution in [2.75, 3.05) is 0 Å². The smallest absolute Gasteiger partial charge is 0.0274 e. The quantitative estimate of drug-likeness (QED) is 0.478. The van der Waals surface area contributed by atoms with Gasteiger partial charge >= 0.3 is 0 Å². The van der Waals surface area contributed by atoms with Gasteiger partial charge in [0.15, 0.2) is 0 Å². The Morgan fingerprint density at radius 1 is 1.00 bits per heavy atom. The maximum absolute atomic E-state index is 2.37.